The Morgan fingerprint density at radius 2 is 2.16 bits per heavy atom. The number of rotatable bonds is 4. The summed E-state index contributed by atoms with van der Waals surface area (Å²) in [4.78, 5) is 11.7. The molecule has 104 valence electrons. The van der Waals surface area contributed by atoms with Crippen molar-refractivity contribution in [3.05, 3.63) is 34.3 Å². The number of urea groups is 1. The van der Waals surface area contributed by atoms with Gasteiger partial charge < -0.3 is 15.7 Å². The quantitative estimate of drug-likeness (QED) is 0.796. The minimum Gasteiger partial charge on any atom is -0.387 e. The molecule has 2 amide bonds. The van der Waals surface area contributed by atoms with Crippen LogP contribution in [0.3, 0.4) is 0 Å². The van der Waals surface area contributed by atoms with Crippen LogP contribution in [0.25, 0.3) is 0 Å². The highest BCUT2D eigenvalue weighted by molar-refractivity contribution is 9.10. The summed E-state index contributed by atoms with van der Waals surface area (Å²) in [7, 11) is 0. The fourth-order valence-electron chi connectivity index (χ4n) is 2.33. The third-order valence-corrected chi connectivity index (χ3v) is 3.87. The summed E-state index contributed by atoms with van der Waals surface area (Å²) in [5.74, 6) is 0. The zero-order valence-electron chi connectivity index (χ0n) is 10.7. The molecule has 0 aromatic heterocycles. The lowest BCUT2D eigenvalue weighted by molar-refractivity contribution is 0.172. The van der Waals surface area contributed by atoms with Crippen LogP contribution < -0.4 is 10.6 Å². The maximum absolute atomic E-state index is 11.7. The Kier molecular flexibility index (Phi) is 5.22. The number of hydrogen-bond donors (Lipinski definition) is 3. The lowest BCUT2D eigenvalue weighted by atomic mass is 10.1. The fraction of sp³-hybridized carbons (Fsp3) is 0.500. The molecule has 1 saturated carbocycles. The molecule has 4 nitrogen and oxygen atoms in total. The van der Waals surface area contributed by atoms with E-state index in [0.717, 1.165) is 22.9 Å². The molecule has 5 heteroatoms. The number of nitrogens with one attached hydrogen (secondary N) is 2. The molecular formula is C14H19BrN2O2. The van der Waals surface area contributed by atoms with Crippen LogP contribution in [0, 0.1) is 0 Å². The number of halogens is 1. The van der Waals surface area contributed by atoms with Gasteiger partial charge in [0.25, 0.3) is 0 Å². The summed E-state index contributed by atoms with van der Waals surface area (Å²) < 4.78 is 0.916. The van der Waals surface area contributed by atoms with Crippen molar-refractivity contribution in [2.75, 3.05) is 6.54 Å². The number of hydrogen-bond acceptors (Lipinski definition) is 2. The summed E-state index contributed by atoms with van der Waals surface area (Å²) in [6.07, 6.45) is 3.80. The van der Waals surface area contributed by atoms with E-state index in [1.165, 1.54) is 12.8 Å². The van der Waals surface area contributed by atoms with Gasteiger partial charge in [-0.3, -0.25) is 0 Å². The van der Waals surface area contributed by atoms with Crippen molar-refractivity contribution in [1.82, 2.24) is 10.6 Å². The first kappa shape index (κ1) is 14.3. The monoisotopic (exact) mass is 326 g/mol. The normalized spacial score (nSPS) is 17.2. The van der Waals surface area contributed by atoms with Gasteiger partial charge in [0.2, 0.25) is 0 Å². The van der Waals surface area contributed by atoms with Crippen LogP contribution in [0.1, 0.15) is 37.4 Å². The van der Waals surface area contributed by atoms with Crippen LogP contribution in [-0.2, 0) is 0 Å². The van der Waals surface area contributed by atoms with Crippen LogP contribution in [0.5, 0.6) is 0 Å². The van der Waals surface area contributed by atoms with Crippen LogP contribution in [0.4, 0.5) is 4.79 Å². The molecule has 1 aromatic rings. The van der Waals surface area contributed by atoms with Crippen LogP contribution >= 0.6 is 15.9 Å². The van der Waals surface area contributed by atoms with Crippen molar-refractivity contribution in [1.29, 1.82) is 0 Å². The Hall–Kier alpha value is -1.07. The molecule has 1 aliphatic carbocycles. The number of benzene rings is 1. The van der Waals surface area contributed by atoms with Crippen molar-refractivity contribution < 1.29 is 9.90 Å². The van der Waals surface area contributed by atoms with E-state index in [1.54, 1.807) is 0 Å². The molecule has 0 bridgehead atoms. The highest BCUT2D eigenvalue weighted by Crippen LogP contribution is 2.18. The number of amides is 2. The molecule has 3 N–H and O–H groups in total. The van der Waals surface area contributed by atoms with Crippen molar-refractivity contribution in [3.8, 4) is 0 Å². The van der Waals surface area contributed by atoms with Crippen LogP contribution in [0.15, 0.2) is 28.7 Å². The van der Waals surface area contributed by atoms with E-state index in [-0.39, 0.29) is 12.6 Å². The van der Waals surface area contributed by atoms with Crippen LogP contribution in [0.2, 0.25) is 0 Å². The Labute approximate surface area is 121 Å². The van der Waals surface area contributed by atoms with Gasteiger partial charge in [-0.15, -0.1) is 0 Å². The number of carbonyl (C=O) groups excluding carboxylic acids is 1. The largest absolute Gasteiger partial charge is 0.387 e. The van der Waals surface area contributed by atoms with Crippen molar-refractivity contribution in [2.24, 2.45) is 0 Å². The summed E-state index contributed by atoms with van der Waals surface area (Å²) in [5.41, 5.74) is 0.788. The molecule has 0 radical (unpaired) electrons. The lowest BCUT2D eigenvalue weighted by Crippen LogP contribution is -2.42. The molecule has 1 atom stereocenters. The topological polar surface area (TPSA) is 61.4 Å². The number of aliphatic hydroxyl groups is 1. The van der Waals surface area contributed by atoms with E-state index in [9.17, 15) is 9.90 Å². The summed E-state index contributed by atoms with van der Waals surface area (Å²) >= 11 is 3.36. The first-order valence-corrected chi connectivity index (χ1v) is 7.42. The van der Waals surface area contributed by atoms with Crippen molar-refractivity contribution in [2.45, 2.75) is 37.8 Å². The van der Waals surface area contributed by atoms with Crippen LogP contribution in [-0.4, -0.2) is 23.7 Å². The minimum absolute atomic E-state index is 0.194. The van der Waals surface area contributed by atoms with E-state index in [1.807, 2.05) is 24.3 Å². The number of carbonyl (C=O) groups is 1. The van der Waals surface area contributed by atoms with Gasteiger partial charge in [-0.1, -0.05) is 40.9 Å². The molecule has 0 heterocycles. The molecule has 0 saturated heterocycles. The predicted octanol–water partition coefficient (Wildman–Crippen LogP) is 2.72. The lowest BCUT2D eigenvalue weighted by Gasteiger charge is -2.15. The average molecular weight is 327 g/mol. The van der Waals surface area contributed by atoms with E-state index in [4.69, 9.17) is 0 Å². The molecule has 1 aromatic carbocycles. The first-order chi connectivity index (χ1) is 9.15. The zero-order valence-corrected chi connectivity index (χ0v) is 12.3. The molecule has 1 aliphatic rings. The second-order valence-corrected chi connectivity index (χ2v) is 5.82. The Balaban J connectivity index is 1.76. The third kappa shape index (κ3) is 4.51. The van der Waals surface area contributed by atoms with Crippen molar-refractivity contribution in [3.63, 3.8) is 0 Å². The Morgan fingerprint density at radius 1 is 1.42 bits per heavy atom. The van der Waals surface area contributed by atoms with E-state index < -0.39 is 6.10 Å². The molecule has 19 heavy (non-hydrogen) atoms. The third-order valence-electron chi connectivity index (χ3n) is 3.38. The first-order valence-electron chi connectivity index (χ1n) is 6.63. The van der Waals surface area contributed by atoms with Gasteiger partial charge in [0.05, 0.1) is 6.10 Å². The second kappa shape index (κ2) is 6.91. The Bertz CT molecular complexity index is 433. The predicted molar refractivity (Wildman–Crippen MR) is 77.9 cm³/mol. The van der Waals surface area contributed by atoms with E-state index >= 15 is 0 Å². The SMILES string of the molecule is O=C(NCC(O)c1cccc(Br)c1)NC1CCCC1. The molecular weight excluding hydrogens is 308 g/mol. The summed E-state index contributed by atoms with van der Waals surface area (Å²) in [5, 5.41) is 15.6. The number of aliphatic hydroxyl groups excluding tert-OH is 1. The Morgan fingerprint density at radius 3 is 2.84 bits per heavy atom. The molecule has 2 rings (SSSR count). The smallest absolute Gasteiger partial charge is 0.315 e. The van der Waals surface area contributed by atoms with Gasteiger partial charge in [0.1, 0.15) is 0 Å². The maximum Gasteiger partial charge on any atom is 0.315 e. The molecule has 1 fully saturated rings. The van der Waals surface area contributed by atoms with Gasteiger partial charge >= 0.3 is 6.03 Å². The maximum atomic E-state index is 11.7. The van der Waals surface area contributed by atoms with E-state index in [2.05, 4.69) is 26.6 Å². The fourth-order valence-corrected chi connectivity index (χ4v) is 2.74. The van der Waals surface area contributed by atoms with Gasteiger partial charge in [-0.05, 0) is 30.5 Å². The average Bonchev–Trinajstić information content (AvgIpc) is 2.88. The zero-order chi connectivity index (χ0) is 13.7. The van der Waals surface area contributed by atoms with Gasteiger partial charge in [0.15, 0.2) is 0 Å². The molecule has 0 aliphatic heterocycles. The second-order valence-electron chi connectivity index (χ2n) is 4.91. The van der Waals surface area contributed by atoms with Crippen molar-refractivity contribution >= 4 is 22.0 Å². The molecule has 1 unspecified atom stereocenters. The highest BCUT2D eigenvalue weighted by Gasteiger charge is 2.17. The summed E-state index contributed by atoms with van der Waals surface area (Å²) in [6.45, 7) is 0.217. The highest BCUT2D eigenvalue weighted by atomic mass is 79.9. The standard InChI is InChI=1S/C14H19BrN2O2/c15-11-5-3-4-10(8-11)13(18)9-16-14(19)17-12-6-1-2-7-12/h3-5,8,12-13,18H,1-2,6-7,9H2,(H2,16,17,19). The minimum atomic E-state index is -0.688. The van der Waals surface area contributed by atoms with Gasteiger partial charge in [0, 0.05) is 17.1 Å². The van der Waals surface area contributed by atoms with Gasteiger partial charge in [-0.25, -0.2) is 4.79 Å². The van der Waals surface area contributed by atoms with Gasteiger partial charge in [-0.2, -0.15) is 0 Å². The van der Waals surface area contributed by atoms with E-state index in [0.29, 0.717) is 6.04 Å². The molecule has 0 spiro atoms. The summed E-state index contributed by atoms with van der Waals surface area (Å²) in [6, 6.07) is 7.55.